The molecule has 0 saturated carbocycles. The van der Waals surface area contributed by atoms with E-state index in [0.29, 0.717) is 26.2 Å². The molecule has 0 radical (unpaired) electrons. The summed E-state index contributed by atoms with van der Waals surface area (Å²) in [5.41, 5.74) is 0.917. The molecular weight excluding hydrogens is 428 g/mol. The summed E-state index contributed by atoms with van der Waals surface area (Å²) >= 11 is 1.18. The molecule has 0 spiro atoms. The van der Waals surface area contributed by atoms with Crippen molar-refractivity contribution in [2.24, 2.45) is 0 Å². The van der Waals surface area contributed by atoms with Crippen molar-refractivity contribution in [1.82, 2.24) is 9.80 Å². The van der Waals surface area contributed by atoms with Crippen molar-refractivity contribution in [1.29, 1.82) is 0 Å². The zero-order chi connectivity index (χ0) is 22.5. The Morgan fingerprint density at radius 3 is 2.23 bits per heavy atom. The summed E-state index contributed by atoms with van der Waals surface area (Å²) in [7, 11) is 2.49. The molecule has 11 nitrogen and oxygen atoms in total. The Hall–Kier alpha value is -2.86. The van der Waals surface area contributed by atoms with Gasteiger partial charge in [-0.2, -0.15) is 0 Å². The first-order valence-electron chi connectivity index (χ1n) is 9.66. The molecule has 1 aromatic rings. The number of thioether (sulfide) groups is 1. The Bertz CT molecular complexity index is 818. The van der Waals surface area contributed by atoms with Gasteiger partial charge in [0.1, 0.15) is 6.04 Å². The van der Waals surface area contributed by atoms with Gasteiger partial charge in [-0.05, 0) is 12.1 Å². The van der Waals surface area contributed by atoms with Crippen molar-refractivity contribution in [2.75, 3.05) is 57.6 Å². The lowest BCUT2D eigenvalue weighted by molar-refractivity contribution is -0.384. The van der Waals surface area contributed by atoms with Gasteiger partial charge in [-0.1, -0.05) is 0 Å². The predicted molar refractivity (Wildman–Crippen MR) is 113 cm³/mol. The number of anilines is 1. The number of hydrogen-bond acceptors (Lipinski definition) is 10. The minimum absolute atomic E-state index is 0.0387. The monoisotopic (exact) mass is 452 g/mol. The van der Waals surface area contributed by atoms with E-state index in [1.807, 2.05) is 4.90 Å². The fraction of sp³-hybridized carbons (Fsp3) is 0.526. The Morgan fingerprint density at radius 2 is 1.68 bits per heavy atom. The molecule has 0 aromatic heterocycles. The second-order valence-corrected chi connectivity index (χ2v) is 8.20. The van der Waals surface area contributed by atoms with E-state index in [-0.39, 0.29) is 23.9 Å². The summed E-state index contributed by atoms with van der Waals surface area (Å²) in [4.78, 5) is 52.9. The van der Waals surface area contributed by atoms with Gasteiger partial charge in [0.15, 0.2) is 5.37 Å². The summed E-state index contributed by atoms with van der Waals surface area (Å²) in [5, 5.41) is 9.93. The molecule has 0 N–H and O–H groups in total. The zero-order valence-corrected chi connectivity index (χ0v) is 18.1. The number of methoxy groups -OCH3 is 2. The van der Waals surface area contributed by atoms with Crippen LogP contribution in [0.4, 0.5) is 11.4 Å². The molecular formula is C19H24N4O7S. The smallest absolute Gasteiger partial charge is 0.339 e. The number of esters is 2. The van der Waals surface area contributed by atoms with Crippen molar-refractivity contribution >= 4 is 41.0 Å². The van der Waals surface area contributed by atoms with Crippen molar-refractivity contribution in [3.05, 3.63) is 34.4 Å². The molecule has 2 aliphatic heterocycles. The molecule has 1 amide bonds. The van der Waals surface area contributed by atoms with Gasteiger partial charge in [-0.25, -0.2) is 9.59 Å². The van der Waals surface area contributed by atoms with E-state index in [2.05, 4.69) is 4.90 Å². The summed E-state index contributed by atoms with van der Waals surface area (Å²) in [5.74, 6) is -1.20. The number of nitro groups is 1. The van der Waals surface area contributed by atoms with Gasteiger partial charge in [0.2, 0.25) is 5.91 Å². The number of amides is 1. The van der Waals surface area contributed by atoms with Crippen LogP contribution in [0, 0.1) is 10.1 Å². The molecule has 168 valence electrons. The molecule has 2 saturated heterocycles. The van der Waals surface area contributed by atoms with Crippen LogP contribution in [0.1, 0.15) is 0 Å². The third kappa shape index (κ3) is 5.07. The van der Waals surface area contributed by atoms with E-state index in [1.54, 1.807) is 12.1 Å². The first-order valence-corrected chi connectivity index (χ1v) is 10.7. The number of benzene rings is 1. The normalized spacial score (nSPS) is 21.6. The standard InChI is InChI=1S/C19H24N4O7S/c1-29-18(25)15-12-31-17(19(26)30-2)22(15)16(24)11-20-7-9-21(10-8-20)13-3-5-14(6-4-13)23(27)28/h3-6,15,17H,7-12H2,1-2H3/t15-,17+/m1/s1. The highest BCUT2D eigenvalue weighted by Crippen LogP contribution is 2.31. The number of piperazine rings is 1. The average Bonchev–Trinajstić information content (AvgIpc) is 3.24. The van der Waals surface area contributed by atoms with Gasteiger partial charge in [-0.3, -0.25) is 19.8 Å². The van der Waals surface area contributed by atoms with Crippen LogP contribution in [0.5, 0.6) is 0 Å². The van der Waals surface area contributed by atoms with Gasteiger partial charge in [0.25, 0.3) is 5.69 Å². The zero-order valence-electron chi connectivity index (χ0n) is 17.3. The largest absolute Gasteiger partial charge is 0.467 e. The van der Waals surface area contributed by atoms with Gasteiger partial charge in [-0.15, -0.1) is 11.8 Å². The van der Waals surface area contributed by atoms with E-state index >= 15 is 0 Å². The predicted octanol–water partition coefficient (Wildman–Crippen LogP) is 0.333. The molecule has 2 atom stereocenters. The maximum absolute atomic E-state index is 13.0. The minimum Gasteiger partial charge on any atom is -0.467 e. The van der Waals surface area contributed by atoms with Crippen LogP contribution < -0.4 is 4.90 Å². The number of rotatable bonds is 6. The fourth-order valence-corrected chi connectivity index (χ4v) is 4.95. The fourth-order valence-electron chi connectivity index (χ4n) is 3.63. The van der Waals surface area contributed by atoms with Crippen LogP contribution in [-0.2, 0) is 23.9 Å². The van der Waals surface area contributed by atoms with Crippen LogP contribution in [0.15, 0.2) is 24.3 Å². The van der Waals surface area contributed by atoms with Crippen LogP contribution in [0.2, 0.25) is 0 Å². The Balaban J connectivity index is 1.60. The van der Waals surface area contributed by atoms with Gasteiger partial charge in [0.05, 0.1) is 25.7 Å². The molecule has 2 heterocycles. The van der Waals surface area contributed by atoms with Gasteiger partial charge < -0.3 is 19.3 Å². The number of nitrogens with zero attached hydrogens (tertiary/aromatic N) is 4. The lowest BCUT2D eigenvalue weighted by atomic mass is 10.2. The molecule has 12 heteroatoms. The number of nitro benzene ring substituents is 1. The molecule has 0 bridgehead atoms. The number of carbonyl (C=O) groups is 3. The second-order valence-electron chi connectivity index (χ2n) is 7.09. The van der Waals surface area contributed by atoms with Gasteiger partial charge >= 0.3 is 11.9 Å². The van der Waals surface area contributed by atoms with E-state index in [4.69, 9.17) is 9.47 Å². The maximum Gasteiger partial charge on any atom is 0.339 e. The molecule has 3 rings (SSSR count). The molecule has 2 aliphatic rings. The van der Waals surface area contributed by atoms with Crippen LogP contribution in [0.25, 0.3) is 0 Å². The van der Waals surface area contributed by atoms with Crippen molar-refractivity contribution in [2.45, 2.75) is 11.4 Å². The molecule has 1 aromatic carbocycles. The number of hydrogen-bond donors (Lipinski definition) is 0. The lowest BCUT2D eigenvalue weighted by Gasteiger charge is -2.37. The highest BCUT2D eigenvalue weighted by atomic mass is 32.2. The first kappa shape index (κ1) is 22.8. The number of ether oxygens (including phenoxy) is 2. The quantitative estimate of drug-likeness (QED) is 0.339. The minimum atomic E-state index is -0.872. The summed E-state index contributed by atoms with van der Waals surface area (Å²) in [6, 6.07) is 5.53. The van der Waals surface area contributed by atoms with E-state index in [0.717, 1.165) is 5.69 Å². The summed E-state index contributed by atoms with van der Waals surface area (Å²) < 4.78 is 9.58. The maximum atomic E-state index is 13.0. The van der Waals surface area contributed by atoms with Crippen LogP contribution >= 0.6 is 11.8 Å². The second kappa shape index (κ2) is 9.96. The molecule has 2 fully saturated rings. The van der Waals surface area contributed by atoms with Crippen LogP contribution in [-0.4, -0.2) is 96.7 Å². The summed E-state index contributed by atoms with van der Waals surface area (Å²) in [6.07, 6.45) is 0. The highest BCUT2D eigenvalue weighted by Gasteiger charge is 2.46. The average molecular weight is 452 g/mol. The number of carbonyl (C=O) groups excluding carboxylic acids is 3. The molecule has 0 unspecified atom stereocenters. The SMILES string of the molecule is COC(=O)[C@H]1CS[C@@H](C(=O)OC)N1C(=O)CN1CCN(c2ccc([N+](=O)[O-])cc2)CC1. The number of non-ortho nitro benzene ring substituents is 1. The highest BCUT2D eigenvalue weighted by molar-refractivity contribution is 8.00. The van der Waals surface area contributed by atoms with Crippen molar-refractivity contribution in [3.8, 4) is 0 Å². The van der Waals surface area contributed by atoms with E-state index in [9.17, 15) is 24.5 Å². The molecule has 31 heavy (non-hydrogen) atoms. The third-order valence-corrected chi connectivity index (χ3v) is 6.56. The van der Waals surface area contributed by atoms with Crippen molar-refractivity contribution in [3.63, 3.8) is 0 Å². The Kier molecular flexibility index (Phi) is 7.33. The van der Waals surface area contributed by atoms with Gasteiger partial charge in [0, 0.05) is 49.8 Å². The first-order chi connectivity index (χ1) is 14.8. The van der Waals surface area contributed by atoms with E-state index in [1.165, 1.54) is 43.0 Å². The topological polar surface area (TPSA) is 123 Å². The summed E-state index contributed by atoms with van der Waals surface area (Å²) in [6.45, 7) is 2.53. The van der Waals surface area contributed by atoms with Crippen LogP contribution in [0.3, 0.4) is 0 Å². The molecule has 0 aliphatic carbocycles. The lowest BCUT2D eigenvalue weighted by Crippen LogP contribution is -2.54. The Morgan fingerprint density at radius 1 is 1.06 bits per heavy atom. The van der Waals surface area contributed by atoms with E-state index < -0.39 is 28.3 Å². The Labute approximate surface area is 183 Å². The third-order valence-electron chi connectivity index (χ3n) is 5.32. The van der Waals surface area contributed by atoms with Crippen molar-refractivity contribution < 1.29 is 28.8 Å².